The Hall–Kier alpha value is -2.21. The smallest absolute Gasteiger partial charge is 0.262 e. The Morgan fingerprint density at radius 3 is 3.16 bits per heavy atom. The molecule has 0 bridgehead atoms. The molecule has 0 fully saturated rings. The van der Waals surface area contributed by atoms with E-state index in [4.69, 9.17) is 16.3 Å². The molecule has 7 heteroatoms. The van der Waals surface area contributed by atoms with Gasteiger partial charge in [0.05, 0.1) is 35.0 Å². The van der Waals surface area contributed by atoms with E-state index in [1.807, 2.05) is 0 Å². The molecule has 0 unspecified atom stereocenters. The van der Waals surface area contributed by atoms with E-state index in [2.05, 4.69) is 20.6 Å². The van der Waals surface area contributed by atoms with Crippen molar-refractivity contribution in [2.24, 2.45) is 0 Å². The first kappa shape index (κ1) is 11.9. The molecule has 3 rings (SSSR count). The molecule has 98 valence electrons. The molecule has 1 aliphatic heterocycles. The minimum atomic E-state index is -0.179. The summed E-state index contributed by atoms with van der Waals surface area (Å²) < 4.78 is 5.34. The average Bonchev–Trinajstić information content (AvgIpc) is 2.89. The number of carbonyl (C=O) groups excluding carboxylic acids is 1. The van der Waals surface area contributed by atoms with Gasteiger partial charge < -0.3 is 20.4 Å². The van der Waals surface area contributed by atoms with Crippen LogP contribution in [0.2, 0.25) is 5.02 Å². The number of fused-ring (bicyclic) bond motifs is 1. The Morgan fingerprint density at radius 2 is 2.37 bits per heavy atom. The molecular formula is C12H11ClN4O2. The van der Waals surface area contributed by atoms with Crippen LogP contribution in [0.3, 0.4) is 0 Å². The van der Waals surface area contributed by atoms with Crippen molar-refractivity contribution in [1.29, 1.82) is 0 Å². The van der Waals surface area contributed by atoms with E-state index in [-0.39, 0.29) is 12.5 Å². The van der Waals surface area contributed by atoms with Crippen LogP contribution in [0.25, 0.3) is 0 Å². The van der Waals surface area contributed by atoms with Gasteiger partial charge in [-0.25, -0.2) is 4.98 Å². The van der Waals surface area contributed by atoms with Crippen molar-refractivity contribution in [3.63, 3.8) is 0 Å². The number of aromatic amines is 1. The standard InChI is InChI=1S/C12H11ClN4O2/c13-8-1-10-11(19-5-12(18)17-10)2-9(8)15-4-7-3-14-6-16-7/h1-3,6,15H,4-5H2,(H,14,16)(H,17,18). The lowest BCUT2D eigenvalue weighted by Gasteiger charge is -2.19. The summed E-state index contributed by atoms with van der Waals surface area (Å²) in [6, 6.07) is 3.44. The van der Waals surface area contributed by atoms with Crippen molar-refractivity contribution < 1.29 is 9.53 Å². The molecule has 0 atom stereocenters. The molecule has 2 aromatic rings. The van der Waals surface area contributed by atoms with Crippen molar-refractivity contribution in [3.05, 3.63) is 35.4 Å². The maximum absolute atomic E-state index is 11.2. The van der Waals surface area contributed by atoms with Gasteiger partial charge in [0.25, 0.3) is 5.91 Å². The van der Waals surface area contributed by atoms with Crippen LogP contribution in [-0.2, 0) is 11.3 Å². The predicted octanol–water partition coefficient (Wildman–Crippen LogP) is 2.01. The lowest BCUT2D eigenvalue weighted by Crippen LogP contribution is -2.25. The molecule has 0 saturated heterocycles. The second kappa shape index (κ2) is 4.81. The fraction of sp³-hybridized carbons (Fsp3) is 0.167. The van der Waals surface area contributed by atoms with Gasteiger partial charge in [-0.15, -0.1) is 0 Å². The number of rotatable bonds is 3. The van der Waals surface area contributed by atoms with E-state index in [0.29, 0.717) is 23.0 Å². The average molecular weight is 279 g/mol. The Kier molecular flexibility index (Phi) is 3.00. The van der Waals surface area contributed by atoms with Crippen molar-refractivity contribution in [3.8, 4) is 5.75 Å². The monoisotopic (exact) mass is 278 g/mol. The maximum Gasteiger partial charge on any atom is 0.262 e. The van der Waals surface area contributed by atoms with Crippen molar-refractivity contribution in [2.75, 3.05) is 17.2 Å². The largest absolute Gasteiger partial charge is 0.482 e. The minimum absolute atomic E-state index is 0.0224. The van der Waals surface area contributed by atoms with E-state index in [1.54, 1.807) is 24.7 Å². The van der Waals surface area contributed by atoms with E-state index in [1.165, 1.54) is 0 Å². The number of hydrogen-bond donors (Lipinski definition) is 3. The van der Waals surface area contributed by atoms with Gasteiger partial charge in [0.15, 0.2) is 6.61 Å². The van der Waals surface area contributed by atoms with E-state index < -0.39 is 0 Å². The van der Waals surface area contributed by atoms with Gasteiger partial charge in [-0.2, -0.15) is 0 Å². The molecule has 0 saturated carbocycles. The number of nitrogens with zero attached hydrogens (tertiary/aromatic N) is 1. The molecule has 2 heterocycles. The summed E-state index contributed by atoms with van der Waals surface area (Å²) in [5.74, 6) is 0.429. The van der Waals surface area contributed by atoms with Crippen LogP contribution in [0.5, 0.6) is 5.75 Å². The zero-order chi connectivity index (χ0) is 13.2. The summed E-state index contributed by atoms with van der Waals surface area (Å²) in [4.78, 5) is 18.1. The first-order valence-electron chi connectivity index (χ1n) is 5.70. The van der Waals surface area contributed by atoms with Crippen molar-refractivity contribution >= 4 is 28.9 Å². The zero-order valence-electron chi connectivity index (χ0n) is 9.87. The Balaban J connectivity index is 1.80. The minimum Gasteiger partial charge on any atom is -0.482 e. The molecule has 1 aromatic carbocycles. The number of ether oxygens (including phenoxy) is 1. The number of amides is 1. The summed E-state index contributed by atoms with van der Waals surface area (Å²) in [6.45, 7) is 0.597. The quantitative estimate of drug-likeness (QED) is 0.802. The van der Waals surface area contributed by atoms with Crippen LogP contribution in [0.1, 0.15) is 5.69 Å². The number of H-pyrrole nitrogens is 1. The Bertz CT molecular complexity index is 612. The molecule has 1 aromatic heterocycles. The van der Waals surface area contributed by atoms with Crippen molar-refractivity contribution in [1.82, 2.24) is 9.97 Å². The normalized spacial score (nSPS) is 13.4. The number of carbonyl (C=O) groups is 1. The maximum atomic E-state index is 11.2. The van der Waals surface area contributed by atoms with Gasteiger partial charge in [0.1, 0.15) is 5.75 Å². The number of imidazole rings is 1. The summed E-state index contributed by atoms with van der Waals surface area (Å²) >= 11 is 6.15. The van der Waals surface area contributed by atoms with Crippen LogP contribution in [0.15, 0.2) is 24.7 Å². The summed E-state index contributed by atoms with van der Waals surface area (Å²) in [5.41, 5.74) is 2.28. The van der Waals surface area contributed by atoms with E-state index in [9.17, 15) is 4.79 Å². The number of anilines is 2. The first-order valence-corrected chi connectivity index (χ1v) is 6.07. The SMILES string of the molecule is O=C1COc2cc(NCc3cnc[nH]3)c(Cl)cc2N1. The predicted molar refractivity (Wildman–Crippen MR) is 71.5 cm³/mol. The van der Waals surface area contributed by atoms with Crippen LogP contribution < -0.4 is 15.4 Å². The van der Waals surface area contributed by atoms with Crippen LogP contribution in [0, 0.1) is 0 Å². The molecule has 0 radical (unpaired) electrons. The van der Waals surface area contributed by atoms with Gasteiger partial charge in [0, 0.05) is 12.3 Å². The summed E-state index contributed by atoms with van der Waals surface area (Å²) in [7, 11) is 0. The number of nitrogens with one attached hydrogen (secondary N) is 3. The van der Waals surface area contributed by atoms with Gasteiger partial charge in [0.2, 0.25) is 0 Å². The topological polar surface area (TPSA) is 79.0 Å². The fourth-order valence-electron chi connectivity index (χ4n) is 1.81. The fourth-order valence-corrected chi connectivity index (χ4v) is 2.04. The molecule has 6 nitrogen and oxygen atoms in total. The Labute approximate surface area is 114 Å². The lowest BCUT2D eigenvalue weighted by atomic mass is 10.2. The Morgan fingerprint density at radius 1 is 1.47 bits per heavy atom. The van der Waals surface area contributed by atoms with E-state index >= 15 is 0 Å². The molecule has 1 aliphatic rings. The number of aromatic nitrogens is 2. The molecule has 0 spiro atoms. The number of benzene rings is 1. The van der Waals surface area contributed by atoms with Gasteiger partial charge in [-0.05, 0) is 6.07 Å². The zero-order valence-corrected chi connectivity index (χ0v) is 10.6. The third kappa shape index (κ3) is 2.48. The van der Waals surface area contributed by atoms with Crippen molar-refractivity contribution in [2.45, 2.75) is 6.54 Å². The van der Waals surface area contributed by atoms with Crippen LogP contribution in [0.4, 0.5) is 11.4 Å². The van der Waals surface area contributed by atoms with Crippen LogP contribution in [-0.4, -0.2) is 22.5 Å². The summed E-state index contributed by atoms with van der Waals surface area (Å²) in [5, 5.41) is 6.40. The molecular weight excluding hydrogens is 268 g/mol. The highest BCUT2D eigenvalue weighted by atomic mass is 35.5. The summed E-state index contributed by atoms with van der Waals surface area (Å²) in [6.07, 6.45) is 3.35. The molecule has 1 amide bonds. The highest BCUT2D eigenvalue weighted by molar-refractivity contribution is 6.33. The van der Waals surface area contributed by atoms with Gasteiger partial charge >= 0.3 is 0 Å². The first-order chi connectivity index (χ1) is 9.22. The number of halogens is 1. The molecule has 0 aliphatic carbocycles. The van der Waals surface area contributed by atoms with Gasteiger partial charge in [-0.1, -0.05) is 11.6 Å². The third-order valence-electron chi connectivity index (χ3n) is 2.73. The second-order valence-electron chi connectivity index (χ2n) is 4.10. The number of hydrogen-bond acceptors (Lipinski definition) is 4. The molecule has 3 N–H and O–H groups in total. The lowest BCUT2D eigenvalue weighted by molar-refractivity contribution is -0.118. The third-order valence-corrected chi connectivity index (χ3v) is 3.04. The van der Waals surface area contributed by atoms with Crippen LogP contribution >= 0.6 is 11.6 Å². The second-order valence-corrected chi connectivity index (χ2v) is 4.50. The molecule has 19 heavy (non-hydrogen) atoms. The highest BCUT2D eigenvalue weighted by Crippen LogP contribution is 2.36. The van der Waals surface area contributed by atoms with E-state index in [0.717, 1.165) is 11.4 Å². The highest BCUT2D eigenvalue weighted by Gasteiger charge is 2.18. The van der Waals surface area contributed by atoms with Gasteiger partial charge in [-0.3, -0.25) is 4.79 Å².